The van der Waals surface area contributed by atoms with Crippen LogP contribution in [0.4, 0.5) is 0 Å². The van der Waals surface area contributed by atoms with Crippen LogP contribution >= 0.6 is 11.6 Å². The van der Waals surface area contributed by atoms with Crippen molar-refractivity contribution in [1.29, 1.82) is 0 Å². The van der Waals surface area contributed by atoms with Crippen LogP contribution in [0.2, 0.25) is 5.02 Å². The lowest BCUT2D eigenvalue weighted by Gasteiger charge is -2.09. The number of quaternary nitrogens is 1. The number of nitrogens with zero attached hydrogens (tertiary/aromatic N) is 1. The van der Waals surface area contributed by atoms with Crippen molar-refractivity contribution in [2.24, 2.45) is 0 Å². The zero-order valence-electron chi connectivity index (χ0n) is 17.8. The Labute approximate surface area is 185 Å². The van der Waals surface area contributed by atoms with Crippen LogP contribution in [0.25, 0.3) is 22.2 Å². The van der Waals surface area contributed by atoms with Gasteiger partial charge in [0.05, 0.1) is 22.0 Å². The molecule has 0 aliphatic rings. The standard InChI is InChI=1S/C24H21ClN2O3.H3N/c1-13(2)15-5-4-6-16(9-15)19-11-21-22(12-20(19)25)27-24(26-21)30-17-8-7-14(3)18(10-17)23(28)29;/h4-13H,1-3H3,(H,26,27)(H,28,29);1H3. The van der Waals surface area contributed by atoms with E-state index in [0.29, 0.717) is 27.8 Å². The average molecular weight is 438 g/mol. The van der Waals surface area contributed by atoms with Gasteiger partial charge in [-0.25, -0.2) is 0 Å². The van der Waals surface area contributed by atoms with E-state index in [-0.39, 0.29) is 17.7 Å². The van der Waals surface area contributed by atoms with Crippen molar-refractivity contribution in [3.05, 3.63) is 76.3 Å². The Morgan fingerprint density at radius 3 is 2.61 bits per heavy atom. The minimum atomic E-state index is -1.25. The van der Waals surface area contributed by atoms with E-state index in [1.54, 1.807) is 19.1 Å². The number of aryl methyl sites for hydroxylation is 1. The number of aromatic amines is 1. The molecular weight excluding hydrogens is 414 g/mol. The van der Waals surface area contributed by atoms with Crippen molar-refractivity contribution in [2.75, 3.05) is 0 Å². The summed E-state index contributed by atoms with van der Waals surface area (Å²) in [5.74, 6) is -0.476. The van der Waals surface area contributed by atoms with Gasteiger partial charge >= 0.3 is 0 Å². The molecule has 3 aromatic carbocycles. The summed E-state index contributed by atoms with van der Waals surface area (Å²) >= 11 is 6.55. The summed E-state index contributed by atoms with van der Waals surface area (Å²) in [6.45, 7) is 6.00. The predicted octanol–water partition coefficient (Wildman–Crippen LogP) is 5.85. The van der Waals surface area contributed by atoms with Crippen LogP contribution in [-0.2, 0) is 0 Å². The Morgan fingerprint density at radius 1 is 1.13 bits per heavy atom. The number of H-pyrrole nitrogens is 1. The maximum absolute atomic E-state index is 11.2. The molecule has 0 aliphatic carbocycles. The second-order valence-electron chi connectivity index (χ2n) is 7.54. The number of hydrogen-bond donors (Lipinski definition) is 2. The average Bonchev–Trinajstić information content (AvgIpc) is 3.09. The van der Waals surface area contributed by atoms with Crippen LogP contribution in [-0.4, -0.2) is 15.9 Å². The van der Waals surface area contributed by atoms with Gasteiger partial charge in [0.1, 0.15) is 5.75 Å². The third kappa shape index (κ3) is 4.55. The van der Waals surface area contributed by atoms with E-state index in [1.165, 1.54) is 11.6 Å². The molecule has 31 heavy (non-hydrogen) atoms. The molecule has 0 spiro atoms. The Morgan fingerprint density at radius 2 is 1.90 bits per heavy atom. The van der Waals surface area contributed by atoms with Gasteiger partial charge in [0, 0.05) is 11.1 Å². The highest BCUT2D eigenvalue weighted by Crippen LogP contribution is 2.34. The number of ether oxygens (including phenoxy) is 1. The number of carboxylic acid groups (broad SMARTS) is 1. The first-order chi connectivity index (χ1) is 14.3. The first kappa shape index (κ1) is 22.3. The maximum Gasteiger partial charge on any atom is 0.300 e. The molecule has 0 saturated carbocycles. The number of nitrogens with one attached hydrogen (secondary N) is 1. The summed E-state index contributed by atoms with van der Waals surface area (Å²) in [4.78, 5) is 18.8. The van der Waals surface area contributed by atoms with Gasteiger partial charge in [-0.15, -0.1) is 0 Å². The molecule has 6 nitrogen and oxygen atoms in total. The fraction of sp³-hybridized carbons (Fsp3) is 0.167. The second kappa shape index (κ2) is 8.79. The Kier molecular flexibility index (Phi) is 6.34. The quantitative estimate of drug-likeness (QED) is 0.407. The van der Waals surface area contributed by atoms with Crippen molar-refractivity contribution < 1.29 is 14.6 Å². The molecule has 1 aromatic heterocycles. The van der Waals surface area contributed by atoms with Gasteiger partial charge < -0.3 is 25.8 Å². The monoisotopic (exact) mass is 437 g/mol. The lowest BCUT2D eigenvalue weighted by atomic mass is 9.97. The zero-order chi connectivity index (χ0) is 21.4. The van der Waals surface area contributed by atoms with Crippen molar-refractivity contribution in [3.8, 4) is 22.9 Å². The van der Waals surface area contributed by atoms with Crippen LogP contribution in [0.1, 0.15) is 41.3 Å². The van der Waals surface area contributed by atoms with E-state index in [2.05, 4.69) is 35.9 Å². The third-order valence-corrected chi connectivity index (χ3v) is 5.37. The van der Waals surface area contributed by atoms with Gasteiger partial charge in [0.25, 0.3) is 6.01 Å². The molecule has 0 saturated heterocycles. The largest absolute Gasteiger partial charge is 0.545 e. The summed E-state index contributed by atoms with van der Waals surface area (Å²) < 4.78 is 5.74. The van der Waals surface area contributed by atoms with Crippen LogP contribution in [0, 0.1) is 6.92 Å². The number of carbonyl (C=O) groups is 1. The zero-order valence-corrected chi connectivity index (χ0v) is 18.6. The second-order valence-corrected chi connectivity index (χ2v) is 7.94. The number of aromatic carboxylic acids is 1. The number of halogens is 1. The minimum absolute atomic E-state index is 0. The SMILES string of the molecule is Cc1ccc(Oc2nc3cc(-c4cccc(C(C)C)c4)c(Cl)cc3[nH]2)cc1C(=O)[O-].[NH4+]. The van der Waals surface area contributed by atoms with Crippen LogP contribution in [0.15, 0.2) is 54.6 Å². The summed E-state index contributed by atoms with van der Waals surface area (Å²) in [6.07, 6.45) is 0. The molecular formula is C24H24ClN3O3. The van der Waals surface area contributed by atoms with Crippen LogP contribution in [0.5, 0.6) is 11.8 Å². The molecule has 7 heteroatoms. The topological polar surface area (TPSA) is 115 Å². The van der Waals surface area contributed by atoms with Crippen molar-refractivity contribution >= 4 is 28.6 Å². The van der Waals surface area contributed by atoms with Crippen molar-refractivity contribution in [1.82, 2.24) is 16.1 Å². The number of benzene rings is 3. The molecule has 4 aromatic rings. The molecule has 0 amide bonds. The number of carbonyl (C=O) groups excluding carboxylic acids is 1. The first-order valence-corrected chi connectivity index (χ1v) is 9.99. The highest BCUT2D eigenvalue weighted by molar-refractivity contribution is 6.34. The fourth-order valence-corrected chi connectivity index (χ4v) is 3.61. The van der Waals surface area contributed by atoms with Gasteiger partial charge in [0.2, 0.25) is 0 Å². The number of fused-ring (bicyclic) bond motifs is 1. The minimum Gasteiger partial charge on any atom is -0.545 e. The van der Waals surface area contributed by atoms with E-state index in [1.807, 2.05) is 24.3 Å². The summed E-state index contributed by atoms with van der Waals surface area (Å²) in [5, 5.41) is 11.8. The van der Waals surface area contributed by atoms with E-state index < -0.39 is 5.97 Å². The van der Waals surface area contributed by atoms with E-state index >= 15 is 0 Å². The van der Waals surface area contributed by atoms with Crippen LogP contribution < -0.4 is 16.0 Å². The molecule has 0 aliphatic heterocycles. The van der Waals surface area contributed by atoms with E-state index in [4.69, 9.17) is 16.3 Å². The smallest absolute Gasteiger partial charge is 0.300 e. The van der Waals surface area contributed by atoms with Crippen LogP contribution in [0.3, 0.4) is 0 Å². The molecule has 0 atom stereocenters. The third-order valence-electron chi connectivity index (χ3n) is 5.06. The highest BCUT2D eigenvalue weighted by atomic mass is 35.5. The van der Waals surface area contributed by atoms with Gasteiger partial charge in [-0.2, -0.15) is 4.98 Å². The van der Waals surface area contributed by atoms with Crippen molar-refractivity contribution in [3.63, 3.8) is 0 Å². The molecule has 0 unspecified atom stereocenters. The fourth-order valence-electron chi connectivity index (χ4n) is 3.34. The van der Waals surface area contributed by atoms with Crippen molar-refractivity contribution in [2.45, 2.75) is 26.7 Å². The van der Waals surface area contributed by atoms with Gasteiger partial charge in [-0.1, -0.05) is 55.8 Å². The molecule has 5 N–H and O–H groups in total. The molecule has 160 valence electrons. The van der Waals surface area contributed by atoms with E-state index in [9.17, 15) is 9.90 Å². The Bertz CT molecular complexity index is 1260. The molecule has 1 heterocycles. The Balaban J connectivity index is 0.00000272. The number of carboxylic acids is 1. The van der Waals surface area contributed by atoms with Gasteiger partial charge in [0.15, 0.2) is 0 Å². The number of imidazole rings is 1. The van der Waals surface area contributed by atoms with E-state index in [0.717, 1.165) is 16.6 Å². The number of rotatable bonds is 5. The van der Waals surface area contributed by atoms with Gasteiger partial charge in [-0.05, 0) is 53.8 Å². The first-order valence-electron chi connectivity index (χ1n) is 9.61. The molecule has 4 rings (SSSR count). The molecule has 0 radical (unpaired) electrons. The summed E-state index contributed by atoms with van der Waals surface area (Å²) in [6, 6.07) is 17.0. The normalized spacial score (nSPS) is 10.9. The maximum atomic E-state index is 11.2. The number of hydrogen-bond acceptors (Lipinski definition) is 4. The summed E-state index contributed by atoms with van der Waals surface area (Å²) in [5.41, 5.74) is 5.26. The lowest BCUT2D eigenvalue weighted by Crippen LogP contribution is -2.23. The summed E-state index contributed by atoms with van der Waals surface area (Å²) in [7, 11) is 0. The molecule has 0 fully saturated rings. The number of aromatic nitrogens is 2. The van der Waals surface area contributed by atoms with Gasteiger partial charge in [-0.3, -0.25) is 0 Å². The molecule has 0 bridgehead atoms. The highest BCUT2D eigenvalue weighted by Gasteiger charge is 2.12. The lowest BCUT2D eigenvalue weighted by molar-refractivity contribution is -0.255. The Hall–Kier alpha value is -3.35. The predicted molar refractivity (Wildman–Crippen MR) is 122 cm³/mol.